The summed E-state index contributed by atoms with van der Waals surface area (Å²) in [5.74, 6) is -0.0181. The number of phenols is 1. The van der Waals surface area contributed by atoms with E-state index in [4.69, 9.17) is 4.74 Å². The molecular formula is C36H46N4O4. The maximum atomic E-state index is 13.1. The molecule has 234 valence electrons. The highest BCUT2D eigenvalue weighted by molar-refractivity contribution is 5.94. The lowest BCUT2D eigenvalue weighted by Gasteiger charge is -2.32. The summed E-state index contributed by atoms with van der Waals surface area (Å²) in [5, 5.41) is 16.6. The second-order valence-corrected chi connectivity index (χ2v) is 11.6. The van der Waals surface area contributed by atoms with E-state index in [1.54, 1.807) is 24.3 Å². The first kappa shape index (κ1) is 32.9. The lowest BCUT2D eigenvalue weighted by Crippen LogP contribution is -2.49. The van der Waals surface area contributed by atoms with Crippen molar-refractivity contribution < 1.29 is 19.4 Å². The zero-order valence-electron chi connectivity index (χ0n) is 26.0. The van der Waals surface area contributed by atoms with Crippen LogP contribution in [-0.4, -0.2) is 85.2 Å². The van der Waals surface area contributed by atoms with Crippen LogP contribution in [0.2, 0.25) is 0 Å². The van der Waals surface area contributed by atoms with Gasteiger partial charge in [0.25, 0.3) is 5.91 Å². The van der Waals surface area contributed by atoms with E-state index in [2.05, 4.69) is 29.0 Å². The number of amides is 1. The van der Waals surface area contributed by atoms with Gasteiger partial charge in [0.1, 0.15) is 5.75 Å². The molecule has 44 heavy (non-hydrogen) atoms. The molecule has 2 aliphatic rings. The molecule has 0 spiro atoms. The van der Waals surface area contributed by atoms with Crippen LogP contribution in [0.25, 0.3) is 0 Å². The Balaban J connectivity index is 0.000000375. The van der Waals surface area contributed by atoms with Gasteiger partial charge in [0.05, 0.1) is 12.7 Å². The Morgan fingerprint density at radius 2 is 1.68 bits per heavy atom. The zero-order chi connectivity index (χ0) is 31.3. The molecule has 0 aliphatic carbocycles. The fourth-order valence-corrected chi connectivity index (χ4v) is 5.69. The third-order valence-electron chi connectivity index (χ3n) is 8.09. The Morgan fingerprint density at radius 3 is 2.34 bits per heavy atom. The van der Waals surface area contributed by atoms with Gasteiger partial charge in [-0.25, -0.2) is 4.79 Å². The highest BCUT2D eigenvalue weighted by atomic mass is 16.5. The Morgan fingerprint density at radius 1 is 0.977 bits per heavy atom. The van der Waals surface area contributed by atoms with Crippen LogP contribution in [0, 0.1) is 0 Å². The van der Waals surface area contributed by atoms with Crippen molar-refractivity contribution in [1.82, 2.24) is 20.4 Å². The van der Waals surface area contributed by atoms with E-state index >= 15 is 0 Å². The molecule has 3 aromatic carbocycles. The highest BCUT2D eigenvalue weighted by Gasteiger charge is 2.23. The number of carbonyl (C=O) groups excluding carboxylic acids is 2. The van der Waals surface area contributed by atoms with Crippen LogP contribution < -0.4 is 10.6 Å². The topological polar surface area (TPSA) is 94.1 Å². The average Bonchev–Trinajstić information content (AvgIpc) is 3.04. The van der Waals surface area contributed by atoms with Gasteiger partial charge in [-0.2, -0.15) is 0 Å². The first-order valence-electron chi connectivity index (χ1n) is 15.5. The van der Waals surface area contributed by atoms with Gasteiger partial charge >= 0.3 is 5.97 Å². The van der Waals surface area contributed by atoms with Crippen LogP contribution >= 0.6 is 0 Å². The van der Waals surface area contributed by atoms with Crippen LogP contribution in [0.5, 0.6) is 5.75 Å². The van der Waals surface area contributed by atoms with Gasteiger partial charge in [0.2, 0.25) is 0 Å². The molecule has 1 atom stereocenters. The quantitative estimate of drug-likeness (QED) is 0.244. The third kappa shape index (κ3) is 10.0. The van der Waals surface area contributed by atoms with Crippen LogP contribution in [0.1, 0.15) is 57.2 Å². The van der Waals surface area contributed by atoms with Gasteiger partial charge in [-0.15, -0.1) is 6.58 Å². The predicted octanol–water partition coefficient (Wildman–Crippen LogP) is 4.63. The number of piperazine rings is 1. The van der Waals surface area contributed by atoms with Gasteiger partial charge in [-0.3, -0.25) is 9.69 Å². The molecule has 1 unspecified atom stereocenters. The summed E-state index contributed by atoms with van der Waals surface area (Å²) in [6.07, 6.45) is 4.43. The number of hydrogen-bond donors (Lipinski definition) is 3. The van der Waals surface area contributed by atoms with E-state index in [0.29, 0.717) is 42.7 Å². The molecule has 1 amide bonds. The molecule has 2 saturated heterocycles. The number of nitrogens with one attached hydrogen (secondary N) is 2. The minimum Gasteiger partial charge on any atom is -0.508 e. The third-order valence-corrected chi connectivity index (χ3v) is 8.09. The van der Waals surface area contributed by atoms with E-state index in [9.17, 15) is 14.7 Å². The number of aromatic hydroxyl groups is 1. The number of phenolic OH excluding ortho intramolecular Hbond substituents is 1. The molecule has 2 heterocycles. The van der Waals surface area contributed by atoms with Gasteiger partial charge in [-0.1, -0.05) is 42.5 Å². The maximum absolute atomic E-state index is 13.1. The van der Waals surface area contributed by atoms with Crippen molar-refractivity contribution in [2.45, 2.75) is 44.8 Å². The lowest BCUT2D eigenvalue weighted by atomic mass is 10.0. The van der Waals surface area contributed by atoms with Gasteiger partial charge in [0, 0.05) is 63.5 Å². The summed E-state index contributed by atoms with van der Waals surface area (Å²) in [4.78, 5) is 29.0. The SMILES string of the molecule is C=CCN1CCNC(C)C1.COC(=O)c1ccc(CNC2CCN(C(=O)c3cccc(Cc4cccc(O)c4)c3)CC2)cc1. The van der Waals surface area contributed by atoms with Crippen molar-refractivity contribution in [3.05, 3.63) is 113 Å². The molecular weight excluding hydrogens is 552 g/mol. The van der Waals surface area contributed by atoms with Gasteiger partial charge in [-0.05, 0) is 79.3 Å². The first-order chi connectivity index (χ1) is 21.3. The number of piperidine rings is 1. The Bertz CT molecular complexity index is 1370. The van der Waals surface area contributed by atoms with Gasteiger partial charge < -0.3 is 25.4 Å². The Hall–Kier alpha value is -3.98. The molecule has 2 aliphatic heterocycles. The van der Waals surface area contributed by atoms with E-state index in [-0.39, 0.29) is 17.6 Å². The summed E-state index contributed by atoms with van der Waals surface area (Å²) < 4.78 is 4.73. The highest BCUT2D eigenvalue weighted by Crippen LogP contribution is 2.19. The van der Waals surface area contributed by atoms with Crippen molar-refractivity contribution in [2.75, 3.05) is 46.4 Å². The number of ether oxygens (including phenoxy) is 1. The van der Waals surface area contributed by atoms with Crippen LogP contribution in [0.15, 0.2) is 85.5 Å². The molecule has 0 saturated carbocycles. The van der Waals surface area contributed by atoms with Crippen molar-refractivity contribution in [3.8, 4) is 5.75 Å². The standard InChI is InChI=1S/C28H30N2O4.C8H16N2/c1-34-28(33)23-10-8-20(9-11-23)19-29-25-12-14-30(15-13-25)27(32)24-6-2-4-21(17-24)16-22-5-3-7-26(31)18-22;1-3-5-10-6-4-9-8(2)7-10/h2-11,17-18,25,29,31H,12-16,19H2,1H3;3,8-9H,1,4-7H2,2H3. The Labute approximate surface area is 261 Å². The summed E-state index contributed by atoms with van der Waals surface area (Å²) in [7, 11) is 1.38. The van der Waals surface area contributed by atoms with Crippen LogP contribution in [0.3, 0.4) is 0 Å². The van der Waals surface area contributed by atoms with Crippen LogP contribution in [-0.2, 0) is 17.7 Å². The lowest BCUT2D eigenvalue weighted by molar-refractivity contribution is 0.0600. The number of esters is 1. The molecule has 3 N–H and O–H groups in total. The maximum Gasteiger partial charge on any atom is 0.337 e. The second kappa shape index (κ2) is 16.8. The summed E-state index contributed by atoms with van der Waals surface area (Å²) >= 11 is 0. The minimum absolute atomic E-state index is 0.0645. The number of hydrogen-bond acceptors (Lipinski definition) is 7. The number of carbonyl (C=O) groups is 2. The second-order valence-electron chi connectivity index (χ2n) is 11.6. The fraction of sp³-hybridized carbons (Fsp3) is 0.389. The zero-order valence-corrected chi connectivity index (χ0v) is 26.0. The fourth-order valence-electron chi connectivity index (χ4n) is 5.69. The summed E-state index contributed by atoms with van der Waals surface area (Å²) in [6, 6.07) is 23.4. The average molecular weight is 599 g/mol. The first-order valence-corrected chi connectivity index (χ1v) is 15.5. The van der Waals surface area contributed by atoms with Crippen molar-refractivity contribution in [1.29, 1.82) is 0 Å². The summed E-state index contributed by atoms with van der Waals surface area (Å²) in [6.45, 7) is 12.6. The number of likely N-dealkylation sites (tertiary alicyclic amines) is 1. The van der Waals surface area contributed by atoms with Crippen LogP contribution in [0.4, 0.5) is 0 Å². The number of nitrogens with zero attached hydrogens (tertiary/aromatic N) is 2. The van der Waals surface area contributed by atoms with Crippen molar-refractivity contribution in [2.24, 2.45) is 0 Å². The molecule has 8 nitrogen and oxygen atoms in total. The van der Waals surface area contributed by atoms with Gasteiger partial charge in [0.15, 0.2) is 0 Å². The number of benzene rings is 3. The predicted molar refractivity (Wildman–Crippen MR) is 175 cm³/mol. The number of rotatable bonds is 9. The molecule has 0 aromatic heterocycles. The minimum atomic E-state index is -0.332. The Kier molecular flexibility index (Phi) is 12.5. The van der Waals surface area contributed by atoms with Crippen molar-refractivity contribution >= 4 is 11.9 Å². The summed E-state index contributed by atoms with van der Waals surface area (Å²) in [5.41, 5.74) is 4.41. The van der Waals surface area contributed by atoms with Crippen molar-refractivity contribution in [3.63, 3.8) is 0 Å². The normalized spacial score (nSPS) is 17.3. The van der Waals surface area contributed by atoms with E-state index in [1.165, 1.54) is 7.11 Å². The monoisotopic (exact) mass is 598 g/mol. The smallest absolute Gasteiger partial charge is 0.337 e. The van der Waals surface area contributed by atoms with E-state index < -0.39 is 0 Å². The number of methoxy groups -OCH3 is 1. The molecule has 0 radical (unpaired) electrons. The molecule has 5 rings (SSSR count). The van der Waals surface area contributed by atoms with E-state index in [1.807, 2.05) is 59.5 Å². The molecule has 2 fully saturated rings. The molecule has 8 heteroatoms. The molecule has 0 bridgehead atoms. The molecule has 3 aromatic rings. The largest absolute Gasteiger partial charge is 0.508 e. The van der Waals surface area contributed by atoms with E-state index in [0.717, 1.165) is 62.3 Å².